The maximum Gasteiger partial charge on any atom is 0.329 e. The van der Waals surface area contributed by atoms with Gasteiger partial charge in [0.2, 0.25) is 0 Å². The van der Waals surface area contributed by atoms with Crippen LogP contribution in [0, 0.1) is 12.8 Å². The third-order valence-electron chi connectivity index (χ3n) is 5.89. The van der Waals surface area contributed by atoms with Gasteiger partial charge in [0.1, 0.15) is 5.65 Å². The molecule has 0 bridgehead atoms. The molecule has 0 spiro atoms. The molecule has 1 aliphatic carbocycles. The van der Waals surface area contributed by atoms with Crippen molar-refractivity contribution >= 4 is 33.4 Å². The molecule has 0 saturated heterocycles. The summed E-state index contributed by atoms with van der Waals surface area (Å²) in [6.45, 7) is 4.76. The number of aromatic amines is 1. The second-order valence-corrected chi connectivity index (χ2v) is 8.72. The lowest BCUT2D eigenvalue weighted by Gasteiger charge is -2.29. The highest BCUT2D eigenvalue weighted by Gasteiger charge is 2.28. The molecule has 0 aliphatic heterocycles. The molecule has 0 aromatic carbocycles. The molecule has 1 saturated carbocycles. The minimum absolute atomic E-state index is 0.0601. The fraction of sp³-hybridized carbons (Fsp3) is 0.450. The van der Waals surface area contributed by atoms with E-state index in [1.807, 2.05) is 35.3 Å². The largest absolute Gasteiger partial charge is 0.346 e. The molecule has 5 rings (SSSR count). The van der Waals surface area contributed by atoms with Gasteiger partial charge in [0.15, 0.2) is 0 Å². The lowest BCUT2D eigenvalue weighted by atomic mass is 9.85. The van der Waals surface area contributed by atoms with E-state index in [1.54, 1.807) is 11.3 Å². The predicted octanol–water partition coefficient (Wildman–Crippen LogP) is 4.24. The smallest absolute Gasteiger partial charge is 0.329 e. The van der Waals surface area contributed by atoms with Crippen LogP contribution < -0.4 is 5.69 Å². The number of nitrogens with zero attached hydrogens (tertiary/aromatic N) is 4. The molecule has 1 N–H and O–H groups in total. The highest BCUT2D eigenvalue weighted by molar-refractivity contribution is 7.09. The zero-order chi connectivity index (χ0) is 18.5. The average molecular weight is 382 g/mol. The maximum absolute atomic E-state index is 13.6. The van der Waals surface area contributed by atoms with Crippen molar-refractivity contribution in [2.45, 2.75) is 52.1 Å². The maximum atomic E-state index is 13.6. The lowest BCUT2D eigenvalue weighted by Crippen LogP contribution is -2.32. The third-order valence-corrected chi connectivity index (χ3v) is 6.71. The van der Waals surface area contributed by atoms with Crippen LogP contribution in [0.1, 0.15) is 49.4 Å². The fourth-order valence-electron chi connectivity index (χ4n) is 4.55. The van der Waals surface area contributed by atoms with Crippen LogP contribution in [0.15, 0.2) is 28.6 Å². The molecule has 0 radical (unpaired) electrons. The van der Waals surface area contributed by atoms with Crippen LogP contribution in [0.3, 0.4) is 0 Å². The van der Waals surface area contributed by atoms with Gasteiger partial charge in [-0.25, -0.2) is 14.8 Å². The Morgan fingerprint density at radius 3 is 2.96 bits per heavy atom. The van der Waals surface area contributed by atoms with E-state index in [0.29, 0.717) is 12.5 Å². The van der Waals surface area contributed by atoms with Crippen LogP contribution in [0.25, 0.3) is 22.1 Å². The van der Waals surface area contributed by atoms with Crippen molar-refractivity contribution in [2.24, 2.45) is 5.92 Å². The molecule has 1 aliphatic rings. The number of nitrogens with one attached hydrogen (secondary N) is 1. The van der Waals surface area contributed by atoms with Gasteiger partial charge in [-0.3, -0.25) is 9.13 Å². The molecular weight excluding hydrogens is 358 g/mol. The topological polar surface area (TPSA) is 68.5 Å². The van der Waals surface area contributed by atoms with Crippen molar-refractivity contribution in [3.63, 3.8) is 0 Å². The van der Waals surface area contributed by atoms with Crippen LogP contribution in [0.5, 0.6) is 0 Å². The van der Waals surface area contributed by atoms with Crippen molar-refractivity contribution in [3.05, 3.63) is 45.0 Å². The number of thiazole rings is 1. The SMILES string of the molecule is Cc1nc(Cn2c(=O)n([C@H]3CCCC[C@H]3C)c3c4cc[nH]c4ncc32)cs1. The number of H-pyrrole nitrogens is 1. The van der Waals surface area contributed by atoms with Crippen LogP contribution in [-0.2, 0) is 6.54 Å². The third kappa shape index (κ3) is 2.64. The lowest BCUT2D eigenvalue weighted by molar-refractivity contribution is 0.256. The fourth-order valence-corrected chi connectivity index (χ4v) is 5.15. The van der Waals surface area contributed by atoms with Gasteiger partial charge in [-0.15, -0.1) is 11.3 Å². The van der Waals surface area contributed by atoms with Gasteiger partial charge < -0.3 is 4.98 Å². The Bertz CT molecular complexity index is 1180. The van der Waals surface area contributed by atoms with E-state index in [0.717, 1.165) is 39.2 Å². The molecule has 4 aromatic heterocycles. The highest BCUT2D eigenvalue weighted by Crippen LogP contribution is 2.36. The first kappa shape index (κ1) is 16.7. The second-order valence-electron chi connectivity index (χ2n) is 7.66. The quantitative estimate of drug-likeness (QED) is 0.577. The molecule has 140 valence electrons. The Balaban J connectivity index is 1.78. The number of hydrogen-bond donors (Lipinski definition) is 1. The van der Waals surface area contributed by atoms with E-state index in [-0.39, 0.29) is 11.7 Å². The zero-order valence-electron chi connectivity index (χ0n) is 15.6. The number of pyridine rings is 1. The van der Waals surface area contributed by atoms with Crippen molar-refractivity contribution < 1.29 is 0 Å². The zero-order valence-corrected chi connectivity index (χ0v) is 16.4. The van der Waals surface area contributed by atoms with E-state index >= 15 is 0 Å². The normalized spacial score (nSPS) is 20.7. The van der Waals surface area contributed by atoms with Crippen molar-refractivity contribution in [1.82, 2.24) is 24.1 Å². The number of rotatable bonds is 3. The van der Waals surface area contributed by atoms with Gasteiger partial charge >= 0.3 is 5.69 Å². The van der Waals surface area contributed by atoms with Gasteiger partial charge in [-0.05, 0) is 31.7 Å². The Kier molecular flexibility index (Phi) is 3.93. The number of aromatic nitrogens is 5. The first-order valence-corrected chi connectivity index (χ1v) is 10.5. The molecule has 2 atom stereocenters. The molecule has 6 nitrogen and oxygen atoms in total. The first-order chi connectivity index (χ1) is 13.1. The van der Waals surface area contributed by atoms with Gasteiger partial charge in [0, 0.05) is 23.0 Å². The first-order valence-electron chi connectivity index (χ1n) is 9.61. The monoisotopic (exact) mass is 381 g/mol. The van der Waals surface area contributed by atoms with Crippen LogP contribution in [0.2, 0.25) is 0 Å². The number of imidazole rings is 1. The standard InChI is InChI=1S/C20H23N5OS/c1-12-5-3-4-6-16(12)25-18-15-7-8-21-19(15)22-9-17(18)24(20(25)26)10-14-11-27-13(2)23-14/h7-9,11-12,16H,3-6,10H2,1-2H3,(H,21,22)/t12-,16+/m1/s1. The van der Waals surface area contributed by atoms with E-state index in [9.17, 15) is 4.79 Å². The summed E-state index contributed by atoms with van der Waals surface area (Å²) in [6.07, 6.45) is 8.40. The van der Waals surface area contributed by atoms with Crippen LogP contribution in [-0.4, -0.2) is 24.1 Å². The highest BCUT2D eigenvalue weighted by atomic mass is 32.1. The molecule has 1 fully saturated rings. The Morgan fingerprint density at radius 2 is 2.19 bits per heavy atom. The van der Waals surface area contributed by atoms with Crippen molar-refractivity contribution in [2.75, 3.05) is 0 Å². The molecule has 4 heterocycles. The summed E-state index contributed by atoms with van der Waals surface area (Å²) in [5.74, 6) is 0.499. The van der Waals surface area contributed by atoms with E-state index in [2.05, 4.69) is 26.4 Å². The summed E-state index contributed by atoms with van der Waals surface area (Å²) < 4.78 is 3.90. The van der Waals surface area contributed by atoms with Crippen molar-refractivity contribution in [1.29, 1.82) is 0 Å². The molecular formula is C20H23N5OS. The molecule has 27 heavy (non-hydrogen) atoms. The second kappa shape index (κ2) is 6.34. The summed E-state index contributed by atoms with van der Waals surface area (Å²) >= 11 is 1.62. The Hall–Kier alpha value is -2.41. The molecule has 0 unspecified atom stereocenters. The summed E-state index contributed by atoms with van der Waals surface area (Å²) in [5.41, 5.74) is 3.74. The average Bonchev–Trinajstić information content (AvgIpc) is 3.35. The van der Waals surface area contributed by atoms with Crippen molar-refractivity contribution in [3.8, 4) is 0 Å². The molecule has 7 heteroatoms. The molecule has 4 aromatic rings. The number of hydrogen-bond acceptors (Lipinski definition) is 4. The van der Waals surface area contributed by atoms with E-state index < -0.39 is 0 Å². The summed E-state index contributed by atoms with van der Waals surface area (Å²) in [7, 11) is 0. The van der Waals surface area contributed by atoms with Gasteiger partial charge in [0.25, 0.3) is 0 Å². The van der Waals surface area contributed by atoms with E-state index in [1.165, 1.54) is 19.3 Å². The molecule has 0 amide bonds. The van der Waals surface area contributed by atoms with Gasteiger partial charge in [0.05, 0.1) is 34.5 Å². The van der Waals surface area contributed by atoms with Gasteiger partial charge in [-0.1, -0.05) is 19.8 Å². The predicted molar refractivity (Wildman–Crippen MR) is 108 cm³/mol. The summed E-state index contributed by atoms with van der Waals surface area (Å²) in [4.78, 5) is 25.9. The minimum Gasteiger partial charge on any atom is -0.346 e. The van der Waals surface area contributed by atoms with Crippen LogP contribution in [0.4, 0.5) is 0 Å². The minimum atomic E-state index is 0.0601. The summed E-state index contributed by atoms with van der Waals surface area (Å²) in [5, 5.41) is 4.08. The number of aryl methyl sites for hydroxylation is 1. The van der Waals surface area contributed by atoms with Gasteiger partial charge in [-0.2, -0.15) is 0 Å². The Labute approximate surface area is 160 Å². The van der Waals surface area contributed by atoms with E-state index in [4.69, 9.17) is 0 Å². The number of fused-ring (bicyclic) bond motifs is 3. The Morgan fingerprint density at radius 1 is 1.33 bits per heavy atom. The summed E-state index contributed by atoms with van der Waals surface area (Å²) in [6, 6.07) is 2.28. The van der Waals surface area contributed by atoms with Crippen LogP contribution >= 0.6 is 11.3 Å².